The highest BCUT2D eigenvalue weighted by atomic mass is 79.9. The molecule has 1 aliphatic rings. The number of carbonyl (C=O) groups excluding carboxylic acids is 2. The number of carboxylic acid groups (broad SMARTS) is 1. The quantitative estimate of drug-likeness (QED) is 0.366. The number of nitrogens with zero attached hydrogens (tertiary/aromatic N) is 2. The molecule has 1 aliphatic carbocycles. The average Bonchev–Trinajstić information content (AvgIpc) is 2.77. The van der Waals surface area contributed by atoms with Crippen LogP contribution in [0, 0.1) is 5.92 Å². The summed E-state index contributed by atoms with van der Waals surface area (Å²) in [6, 6.07) is 5.17. The first-order chi connectivity index (χ1) is 16.8. The summed E-state index contributed by atoms with van der Waals surface area (Å²) < 4.78 is 0.914. The van der Waals surface area contributed by atoms with Gasteiger partial charge in [0.2, 0.25) is 5.91 Å². The number of rotatable bonds is 7. The van der Waals surface area contributed by atoms with Gasteiger partial charge in [-0.3, -0.25) is 19.5 Å². The van der Waals surface area contributed by atoms with E-state index in [1.807, 2.05) is 32.0 Å². The summed E-state index contributed by atoms with van der Waals surface area (Å²) in [6.07, 6.45) is 3.68. The van der Waals surface area contributed by atoms with Crippen LogP contribution in [0.15, 0.2) is 28.9 Å². The fourth-order valence-electron chi connectivity index (χ4n) is 5.00. The van der Waals surface area contributed by atoms with Gasteiger partial charge < -0.3 is 15.7 Å². The van der Waals surface area contributed by atoms with Crippen molar-refractivity contribution in [3.63, 3.8) is 0 Å². The molecule has 1 fully saturated rings. The number of anilines is 1. The van der Waals surface area contributed by atoms with Crippen molar-refractivity contribution in [2.24, 2.45) is 5.92 Å². The molecule has 2 amide bonds. The molecular weight excluding hydrogens is 524 g/mol. The summed E-state index contributed by atoms with van der Waals surface area (Å²) in [5, 5.41) is 17.4. The molecule has 9 heteroatoms. The Balaban J connectivity index is 1.71. The van der Waals surface area contributed by atoms with Crippen molar-refractivity contribution in [3.8, 4) is 0 Å². The number of aromatic nitrogens is 1. The number of benzene rings is 1. The maximum absolute atomic E-state index is 13.2. The van der Waals surface area contributed by atoms with Crippen LogP contribution in [-0.2, 0) is 4.79 Å². The zero-order valence-corrected chi connectivity index (χ0v) is 23.5. The fourth-order valence-corrected chi connectivity index (χ4v) is 5.36. The summed E-state index contributed by atoms with van der Waals surface area (Å²) in [6.45, 7) is 10.7. The Hall–Kier alpha value is -2.68. The van der Waals surface area contributed by atoms with Gasteiger partial charge in [0.15, 0.2) is 5.78 Å². The number of halogens is 1. The summed E-state index contributed by atoms with van der Waals surface area (Å²) in [5.41, 5.74) is 1.47. The van der Waals surface area contributed by atoms with E-state index in [1.54, 1.807) is 33.9 Å². The number of Topliss-reactive ketones (excluding diaryl/α,β-unsaturated/α-hetero) is 1. The lowest BCUT2D eigenvalue weighted by molar-refractivity contribution is -0.130. The maximum atomic E-state index is 13.2. The van der Waals surface area contributed by atoms with Crippen molar-refractivity contribution in [2.45, 2.75) is 90.9 Å². The lowest BCUT2D eigenvalue weighted by Crippen LogP contribution is -2.60. The van der Waals surface area contributed by atoms with Crippen molar-refractivity contribution >= 4 is 50.3 Å². The van der Waals surface area contributed by atoms with Crippen LogP contribution >= 0.6 is 15.9 Å². The number of hydrogen-bond donors (Lipinski definition) is 3. The van der Waals surface area contributed by atoms with Gasteiger partial charge in [-0.1, -0.05) is 29.8 Å². The van der Waals surface area contributed by atoms with Crippen LogP contribution in [0.4, 0.5) is 10.5 Å². The van der Waals surface area contributed by atoms with Crippen LogP contribution in [-0.4, -0.2) is 56.4 Å². The highest BCUT2D eigenvalue weighted by Gasteiger charge is 2.40. The van der Waals surface area contributed by atoms with Crippen molar-refractivity contribution in [1.82, 2.24) is 15.2 Å². The van der Waals surface area contributed by atoms with Crippen LogP contribution in [0.1, 0.15) is 77.6 Å². The highest BCUT2D eigenvalue weighted by molar-refractivity contribution is 9.10. The molecule has 0 spiro atoms. The number of ketones is 1. The molecule has 196 valence electrons. The molecule has 2 aromatic rings. The smallest absolute Gasteiger partial charge is 0.408 e. The first-order valence-electron chi connectivity index (χ1n) is 12.5. The van der Waals surface area contributed by atoms with E-state index in [4.69, 9.17) is 0 Å². The lowest BCUT2D eigenvalue weighted by atomic mass is 9.89. The minimum atomic E-state index is -1.10. The zero-order chi connectivity index (χ0) is 26.8. The van der Waals surface area contributed by atoms with Gasteiger partial charge in [-0.2, -0.15) is 0 Å². The van der Waals surface area contributed by atoms with Crippen LogP contribution in [0.3, 0.4) is 0 Å². The van der Waals surface area contributed by atoms with E-state index >= 15 is 0 Å². The SMILES string of the molecule is CC(=O)c1cnc2ccc(Br)cc2c1N[C@H]1CC[C@H](NC(=O)C(C(C)C)N(C(=O)O)C(C)(C)C)CC1. The van der Waals surface area contributed by atoms with E-state index in [0.717, 1.165) is 46.7 Å². The number of pyridine rings is 1. The number of carbonyl (C=O) groups is 3. The minimum Gasteiger partial charge on any atom is -0.465 e. The predicted octanol–water partition coefficient (Wildman–Crippen LogP) is 5.84. The molecule has 36 heavy (non-hydrogen) atoms. The van der Waals surface area contributed by atoms with Crippen molar-refractivity contribution < 1.29 is 19.5 Å². The van der Waals surface area contributed by atoms with Gasteiger partial charge in [-0.15, -0.1) is 0 Å². The number of fused-ring (bicyclic) bond motifs is 1. The summed E-state index contributed by atoms with van der Waals surface area (Å²) >= 11 is 3.52. The molecule has 1 heterocycles. The van der Waals surface area contributed by atoms with Crippen LogP contribution < -0.4 is 10.6 Å². The Bertz CT molecular complexity index is 1140. The van der Waals surface area contributed by atoms with Crippen LogP contribution in [0.25, 0.3) is 10.9 Å². The number of amides is 2. The van der Waals surface area contributed by atoms with Crippen molar-refractivity contribution in [1.29, 1.82) is 0 Å². The van der Waals surface area contributed by atoms with E-state index in [-0.39, 0.29) is 29.7 Å². The summed E-state index contributed by atoms with van der Waals surface area (Å²) in [4.78, 5) is 43.3. The number of hydrogen-bond acceptors (Lipinski definition) is 5. The topological polar surface area (TPSA) is 112 Å². The van der Waals surface area contributed by atoms with E-state index in [1.165, 1.54) is 4.90 Å². The van der Waals surface area contributed by atoms with Crippen LogP contribution in [0.2, 0.25) is 0 Å². The van der Waals surface area contributed by atoms with Gasteiger partial charge in [0.25, 0.3) is 0 Å². The molecule has 0 aliphatic heterocycles. The third-order valence-electron chi connectivity index (χ3n) is 6.74. The molecule has 1 unspecified atom stereocenters. The molecule has 0 bridgehead atoms. The molecule has 1 saturated carbocycles. The van der Waals surface area contributed by atoms with E-state index < -0.39 is 17.7 Å². The maximum Gasteiger partial charge on any atom is 0.408 e. The summed E-state index contributed by atoms with van der Waals surface area (Å²) in [5.74, 6) is -0.459. The second kappa shape index (κ2) is 11.2. The van der Waals surface area contributed by atoms with Gasteiger partial charge in [-0.25, -0.2) is 4.79 Å². The second-order valence-electron chi connectivity index (χ2n) is 11.0. The summed E-state index contributed by atoms with van der Waals surface area (Å²) in [7, 11) is 0. The molecule has 0 radical (unpaired) electrons. The first-order valence-corrected chi connectivity index (χ1v) is 13.3. The predicted molar refractivity (Wildman–Crippen MR) is 145 cm³/mol. The van der Waals surface area contributed by atoms with Gasteiger partial charge in [0.05, 0.1) is 16.8 Å². The fraction of sp³-hybridized carbons (Fsp3) is 0.556. The molecule has 3 N–H and O–H groups in total. The van der Waals surface area contributed by atoms with E-state index in [2.05, 4.69) is 31.5 Å². The first kappa shape index (κ1) is 27.9. The molecule has 8 nitrogen and oxygen atoms in total. The second-order valence-corrected chi connectivity index (χ2v) is 11.9. The largest absolute Gasteiger partial charge is 0.465 e. The standard InChI is InChI=1S/C27H37BrN4O4/c1-15(2)24(32(26(35)36)27(4,5)6)25(34)31-19-10-8-18(9-11-19)30-23-20-13-17(28)7-12-22(20)29-14-21(23)16(3)33/h7,12-15,18-19,24H,8-11H2,1-6H3,(H,29,30)(H,31,34)(H,35,36)/t18-,19-,24?. The van der Waals surface area contributed by atoms with Gasteiger partial charge >= 0.3 is 6.09 Å². The molecule has 1 aromatic heterocycles. The Morgan fingerprint density at radius 3 is 2.25 bits per heavy atom. The van der Waals surface area contributed by atoms with Crippen LogP contribution in [0.5, 0.6) is 0 Å². The third-order valence-corrected chi connectivity index (χ3v) is 7.23. The Morgan fingerprint density at radius 2 is 1.72 bits per heavy atom. The monoisotopic (exact) mass is 560 g/mol. The van der Waals surface area contributed by atoms with Gasteiger partial charge in [-0.05, 0) is 77.5 Å². The molecule has 1 aromatic carbocycles. The van der Waals surface area contributed by atoms with E-state index in [0.29, 0.717) is 5.56 Å². The van der Waals surface area contributed by atoms with E-state index in [9.17, 15) is 19.5 Å². The zero-order valence-electron chi connectivity index (χ0n) is 21.9. The lowest BCUT2D eigenvalue weighted by Gasteiger charge is -2.41. The molecule has 1 atom stereocenters. The number of nitrogens with one attached hydrogen (secondary N) is 2. The minimum absolute atomic E-state index is 0.0250. The Kier molecular flexibility index (Phi) is 8.64. The van der Waals surface area contributed by atoms with Gasteiger partial charge in [0, 0.05) is 33.7 Å². The molecular formula is C27H37BrN4O4. The Labute approximate surface area is 221 Å². The molecule has 0 saturated heterocycles. The highest BCUT2D eigenvalue weighted by Crippen LogP contribution is 2.32. The molecule has 3 rings (SSSR count). The van der Waals surface area contributed by atoms with Crippen molar-refractivity contribution in [3.05, 3.63) is 34.4 Å². The van der Waals surface area contributed by atoms with Gasteiger partial charge in [0.1, 0.15) is 6.04 Å². The third kappa shape index (κ3) is 6.35. The van der Waals surface area contributed by atoms with Crippen molar-refractivity contribution in [2.75, 3.05) is 5.32 Å². The Morgan fingerprint density at radius 1 is 1.11 bits per heavy atom. The average molecular weight is 562 g/mol. The normalized spacial score (nSPS) is 19.1.